The molecule has 0 unspecified atom stereocenters. The molecular weight excluding hydrogens is 503 g/mol. The highest BCUT2D eigenvalue weighted by atomic mass is 79.9. The molecule has 3 aromatic rings. The molecule has 0 aromatic heterocycles. The van der Waals surface area contributed by atoms with Crippen LogP contribution in [0, 0.1) is 0 Å². The van der Waals surface area contributed by atoms with Crippen LogP contribution in [-0.2, 0) is 6.61 Å². The van der Waals surface area contributed by atoms with E-state index in [4.69, 9.17) is 32.7 Å². The fraction of sp³-hybridized carbons (Fsp3) is 0.208. The van der Waals surface area contributed by atoms with Crippen LogP contribution in [0.2, 0.25) is 10.0 Å². The third kappa shape index (κ3) is 6.16. The second-order valence-corrected chi connectivity index (χ2v) is 8.38. The van der Waals surface area contributed by atoms with E-state index in [2.05, 4.69) is 15.9 Å². The van der Waals surface area contributed by atoms with Crippen molar-refractivity contribution in [1.82, 2.24) is 0 Å². The van der Waals surface area contributed by atoms with Crippen LogP contribution in [0.1, 0.15) is 28.8 Å². The summed E-state index contributed by atoms with van der Waals surface area (Å²) in [6, 6.07) is 16.2. The summed E-state index contributed by atoms with van der Waals surface area (Å²) in [6.07, 6.45) is 2.58. The van der Waals surface area contributed by atoms with Gasteiger partial charge in [0.2, 0.25) is 0 Å². The molecule has 0 fully saturated rings. The van der Waals surface area contributed by atoms with Gasteiger partial charge in [0, 0.05) is 22.5 Å². The van der Waals surface area contributed by atoms with Gasteiger partial charge in [-0.1, -0.05) is 69.5 Å². The van der Waals surface area contributed by atoms with Gasteiger partial charge in [0.05, 0.1) is 22.2 Å². The van der Waals surface area contributed by atoms with Crippen LogP contribution in [0.4, 0.5) is 0 Å². The number of phenolic OH excluding ortho intramolecular Hbond substituents is 1. The number of carbonyl (C=O) groups is 1. The van der Waals surface area contributed by atoms with Crippen molar-refractivity contribution in [3.8, 4) is 28.4 Å². The normalized spacial score (nSPS) is 10.7. The molecule has 1 N–H and O–H groups in total. The number of benzene rings is 3. The highest BCUT2D eigenvalue weighted by molar-refractivity contribution is 9.09. The predicted molar refractivity (Wildman–Crippen MR) is 128 cm³/mol. The zero-order valence-electron chi connectivity index (χ0n) is 16.6. The van der Waals surface area contributed by atoms with Crippen molar-refractivity contribution in [2.45, 2.75) is 19.4 Å². The van der Waals surface area contributed by atoms with Crippen molar-refractivity contribution >= 4 is 45.4 Å². The van der Waals surface area contributed by atoms with Gasteiger partial charge < -0.3 is 14.6 Å². The largest absolute Gasteiger partial charge is 0.507 e. The predicted octanol–water partition coefficient (Wildman–Crippen LogP) is 7.31. The van der Waals surface area contributed by atoms with E-state index in [-0.39, 0.29) is 28.7 Å². The Hall–Kier alpha value is -2.21. The van der Waals surface area contributed by atoms with Crippen LogP contribution in [0.3, 0.4) is 0 Å². The summed E-state index contributed by atoms with van der Waals surface area (Å²) in [5.74, 6) is 0.870. The summed E-state index contributed by atoms with van der Waals surface area (Å²) in [5.41, 5.74) is 2.67. The van der Waals surface area contributed by atoms with Crippen molar-refractivity contribution < 1.29 is 19.4 Å². The maximum absolute atomic E-state index is 10.9. The van der Waals surface area contributed by atoms with Gasteiger partial charge in [-0.15, -0.1) is 0 Å². The van der Waals surface area contributed by atoms with E-state index in [1.807, 2.05) is 42.5 Å². The lowest BCUT2D eigenvalue weighted by Crippen LogP contribution is -1.99. The first-order valence-electron chi connectivity index (χ1n) is 9.70. The molecule has 0 bridgehead atoms. The Balaban J connectivity index is 1.76. The molecule has 0 radical (unpaired) electrons. The van der Waals surface area contributed by atoms with Crippen molar-refractivity contribution in [3.05, 3.63) is 75.8 Å². The molecule has 0 heterocycles. The molecule has 162 valence electrons. The summed E-state index contributed by atoms with van der Waals surface area (Å²) in [4.78, 5) is 10.9. The topological polar surface area (TPSA) is 55.8 Å². The molecular formula is C24H21BrCl2O4. The van der Waals surface area contributed by atoms with Gasteiger partial charge in [0.25, 0.3) is 0 Å². The molecule has 0 saturated heterocycles. The summed E-state index contributed by atoms with van der Waals surface area (Å²) in [6.45, 7) is 0.808. The van der Waals surface area contributed by atoms with Crippen LogP contribution in [0.25, 0.3) is 11.1 Å². The van der Waals surface area contributed by atoms with Crippen LogP contribution in [0.5, 0.6) is 17.2 Å². The second-order valence-electron chi connectivity index (χ2n) is 6.80. The third-order valence-corrected chi connectivity index (χ3v) is 5.91. The van der Waals surface area contributed by atoms with Crippen LogP contribution >= 0.6 is 39.1 Å². The highest BCUT2D eigenvalue weighted by Crippen LogP contribution is 2.35. The average Bonchev–Trinajstić information content (AvgIpc) is 2.78. The molecule has 0 amide bonds. The smallest absolute Gasteiger partial charge is 0.153 e. The van der Waals surface area contributed by atoms with Gasteiger partial charge in [-0.2, -0.15) is 0 Å². The summed E-state index contributed by atoms with van der Waals surface area (Å²) >= 11 is 16.2. The molecule has 7 heteroatoms. The zero-order valence-corrected chi connectivity index (χ0v) is 19.7. The maximum Gasteiger partial charge on any atom is 0.153 e. The zero-order chi connectivity index (χ0) is 22.2. The molecule has 3 aromatic carbocycles. The number of aromatic hydroxyl groups is 1. The van der Waals surface area contributed by atoms with E-state index < -0.39 is 0 Å². The Morgan fingerprint density at radius 3 is 2.58 bits per heavy atom. The lowest BCUT2D eigenvalue weighted by Gasteiger charge is -2.14. The van der Waals surface area contributed by atoms with Crippen LogP contribution in [0.15, 0.2) is 54.6 Å². The first-order chi connectivity index (χ1) is 15.0. The van der Waals surface area contributed by atoms with Crippen LogP contribution < -0.4 is 9.47 Å². The minimum absolute atomic E-state index is 0.103. The van der Waals surface area contributed by atoms with E-state index in [0.717, 1.165) is 40.6 Å². The molecule has 0 spiro atoms. The van der Waals surface area contributed by atoms with Gasteiger partial charge in [-0.05, 0) is 36.6 Å². The Kier molecular flexibility index (Phi) is 8.64. The number of unbranched alkanes of at least 4 members (excludes halogenated alkanes) is 1. The first kappa shape index (κ1) is 23.5. The molecule has 31 heavy (non-hydrogen) atoms. The fourth-order valence-electron chi connectivity index (χ4n) is 2.97. The fourth-order valence-corrected chi connectivity index (χ4v) is 3.89. The Bertz CT molecular complexity index is 1060. The number of aldehydes is 1. The molecule has 0 atom stereocenters. The number of hydrogen-bond donors (Lipinski definition) is 1. The average molecular weight is 524 g/mol. The lowest BCUT2D eigenvalue weighted by molar-refractivity contribution is 0.112. The molecule has 0 saturated carbocycles. The number of phenols is 1. The first-order valence-corrected chi connectivity index (χ1v) is 11.6. The maximum atomic E-state index is 10.9. The van der Waals surface area contributed by atoms with E-state index in [1.165, 1.54) is 12.1 Å². The lowest BCUT2D eigenvalue weighted by atomic mass is 10.0. The van der Waals surface area contributed by atoms with Gasteiger partial charge in [-0.3, -0.25) is 4.79 Å². The molecule has 3 rings (SSSR count). The second kappa shape index (κ2) is 11.4. The number of halogens is 3. The van der Waals surface area contributed by atoms with Crippen molar-refractivity contribution in [3.63, 3.8) is 0 Å². The summed E-state index contributed by atoms with van der Waals surface area (Å²) < 4.78 is 11.6. The number of rotatable bonds is 10. The standard InChI is InChI=1S/C24H21BrCl2O4/c25-9-1-2-10-30-19-7-3-5-16(11-19)20-8-4-6-17(24(20)27)15-31-23-13-22(29)18(14-28)12-21(23)26/h3-8,11-14,29H,1-2,9-10,15H2. The van der Waals surface area contributed by atoms with E-state index in [9.17, 15) is 9.90 Å². The van der Waals surface area contributed by atoms with Crippen molar-refractivity contribution in [1.29, 1.82) is 0 Å². The Labute approximate surface area is 199 Å². The SMILES string of the molecule is O=Cc1cc(Cl)c(OCc2cccc(-c3cccc(OCCCCBr)c3)c2Cl)cc1O. The summed E-state index contributed by atoms with van der Waals surface area (Å²) in [5, 5.41) is 11.6. The molecule has 4 nitrogen and oxygen atoms in total. The molecule has 0 aliphatic carbocycles. The Morgan fingerprint density at radius 1 is 1.00 bits per heavy atom. The number of hydrogen-bond acceptors (Lipinski definition) is 4. The quantitative estimate of drug-likeness (QED) is 0.172. The van der Waals surface area contributed by atoms with Gasteiger partial charge in [-0.25, -0.2) is 0 Å². The molecule has 0 aliphatic heterocycles. The van der Waals surface area contributed by atoms with Gasteiger partial charge in [0.1, 0.15) is 23.9 Å². The van der Waals surface area contributed by atoms with E-state index in [0.29, 0.717) is 17.9 Å². The van der Waals surface area contributed by atoms with E-state index in [1.54, 1.807) is 0 Å². The third-order valence-electron chi connectivity index (χ3n) is 4.61. The van der Waals surface area contributed by atoms with E-state index >= 15 is 0 Å². The molecule has 0 aliphatic rings. The van der Waals surface area contributed by atoms with Gasteiger partial charge >= 0.3 is 0 Å². The Morgan fingerprint density at radius 2 is 1.81 bits per heavy atom. The number of ether oxygens (including phenoxy) is 2. The number of alkyl halides is 1. The highest BCUT2D eigenvalue weighted by Gasteiger charge is 2.12. The van der Waals surface area contributed by atoms with Crippen molar-refractivity contribution in [2.75, 3.05) is 11.9 Å². The van der Waals surface area contributed by atoms with Gasteiger partial charge in [0.15, 0.2) is 6.29 Å². The van der Waals surface area contributed by atoms with Crippen molar-refractivity contribution in [2.24, 2.45) is 0 Å². The van der Waals surface area contributed by atoms with Crippen LogP contribution in [-0.4, -0.2) is 23.3 Å². The number of carbonyl (C=O) groups excluding carboxylic acids is 1. The monoisotopic (exact) mass is 522 g/mol. The minimum Gasteiger partial charge on any atom is -0.507 e. The summed E-state index contributed by atoms with van der Waals surface area (Å²) in [7, 11) is 0. The minimum atomic E-state index is -0.192.